The van der Waals surface area contributed by atoms with E-state index in [1.54, 1.807) is 19.1 Å². The van der Waals surface area contributed by atoms with Crippen LogP contribution in [0.5, 0.6) is 0 Å². The van der Waals surface area contributed by atoms with Gasteiger partial charge in [-0.05, 0) is 37.1 Å². The lowest BCUT2D eigenvalue weighted by Gasteiger charge is -2.43. The molecule has 3 unspecified atom stereocenters. The molecule has 3 aromatic rings. The molecule has 53 heavy (non-hydrogen) atoms. The number of carbonyl (C=O) groups excluding carboxylic acids is 1. The van der Waals surface area contributed by atoms with Gasteiger partial charge in [-0.3, -0.25) is 18.4 Å². The Morgan fingerprint density at radius 3 is 2.45 bits per heavy atom. The number of nitrogens with zero attached hydrogens (tertiary/aromatic N) is 5. The van der Waals surface area contributed by atoms with Crippen LogP contribution >= 0.6 is 15.6 Å². The van der Waals surface area contributed by atoms with Gasteiger partial charge in [-0.1, -0.05) is 0 Å². The number of benzene rings is 1. The predicted molar refractivity (Wildman–Crippen MR) is 175 cm³/mol. The molecule has 26 heteroatoms. The number of fused-ring (bicyclic) bond motifs is 2. The third-order valence-electron chi connectivity index (χ3n) is 8.60. The smallest absolute Gasteiger partial charge is 0.481 e. The Bertz CT molecular complexity index is 2020. The number of aliphatic hydroxyl groups excluding tert-OH is 5. The number of aryl methyl sites for hydroxylation is 2. The highest BCUT2D eigenvalue weighted by Gasteiger charge is 2.46. The minimum Gasteiger partial charge on any atom is -0.820 e. The first-order chi connectivity index (χ1) is 24.9. The molecule has 6 rings (SSSR count). The van der Waals surface area contributed by atoms with Crippen molar-refractivity contribution in [1.29, 1.82) is 0 Å². The van der Waals surface area contributed by atoms with Crippen LogP contribution in [0.3, 0.4) is 0 Å². The summed E-state index contributed by atoms with van der Waals surface area (Å²) < 4.78 is 45.4. The molecule has 0 aliphatic carbocycles. The largest absolute Gasteiger partial charge is 0.820 e. The van der Waals surface area contributed by atoms with Crippen molar-refractivity contribution in [3.63, 3.8) is 0 Å². The SMILES string of the molecule is Cc1cc2c(cc1C)N(C[C@@H](O)[C@@H](O)[C@H](O)COP(=O)(O)OP(=O)(O)OC[C@H]1O[C@@H](n3cnc4c(N)ncnc43)[C@H](O)[C@@H]1O)C1=C(N2)C(=O)NC([O-])N1. The number of aromatic nitrogens is 4. The molecule has 1 amide bonds. The van der Waals surface area contributed by atoms with E-state index in [0.29, 0.717) is 11.4 Å². The van der Waals surface area contributed by atoms with Crippen LogP contribution in [0.1, 0.15) is 17.4 Å². The molecule has 24 nitrogen and oxygen atoms in total. The number of rotatable bonds is 13. The van der Waals surface area contributed by atoms with Crippen LogP contribution in [0.4, 0.5) is 17.2 Å². The average molecular weight is 789 g/mol. The predicted octanol–water partition coefficient (Wildman–Crippen LogP) is -3.56. The first kappa shape index (κ1) is 38.9. The molecule has 0 bridgehead atoms. The molecule has 0 radical (unpaired) electrons. The van der Waals surface area contributed by atoms with Crippen molar-refractivity contribution in [2.24, 2.45) is 0 Å². The summed E-state index contributed by atoms with van der Waals surface area (Å²) in [6, 6.07) is 3.43. The summed E-state index contributed by atoms with van der Waals surface area (Å²) >= 11 is 0. The number of ether oxygens (including phenoxy) is 1. The molecule has 0 spiro atoms. The van der Waals surface area contributed by atoms with Crippen molar-refractivity contribution in [3.05, 3.63) is 47.4 Å². The number of nitrogens with one attached hydrogen (secondary N) is 3. The molecule has 1 fully saturated rings. The van der Waals surface area contributed by atoms with E-state index in [9.17, 15) is 54.4 Å². The van der Waals surface area contributed by atoms with Crippen LogP contribution in [0.25, 0.3) is 11.2 Å². The zero-order valence-corrected chi connectivity index (χ0v) is 29.4. The number of phosphoric acid groups is 2. The Morgan fingerprint density at radius 1 is 1.02 bits per heavy atom. The third-order valence-corrected chi connectivity index (χ3v) is 11.2. The summed E-state index contributed by atoms with van der Waals surface area (Å²) in [4.78, 5) is 46.0. The van der Waals surface area contributed by atoms with E-state index in [1.807, 2.05) is 6.92 Å². The number of anilines is 3. The molecule has 5 heterocycles. The molecule has 290 valence electrons. The van der Waals surface area contributed by atoms with Gasteiger partial charge in [-0.15, -0.1) is 0 Å². The average Bonchev–Trinajstić information content (AvgIpc) is 3.63. The van der Waals surface area contributed by atoms with Gasteiger partial charge >= 0.3 is 15.6 Å². The fraction of sp³-hybridized carbons (Fsp3) is 0.481. The van der Waals surface area contributed by atoms with E-state index in [2.05, 4.69) is 39.7 Å². The first-order valence-corrected chi connectivity index (χ1v) is 18.6. The lowest BCUT2D eigenvalue weighted by molar-refractivity contribution is -0.433. The molecule has 10 atom stereocenters. The number of nitrogen functional groups attached to an aromatic ring is 1. The number of phosphoric ester groups is 2. The Morgan fingerprint density at radius 2 is 1.72 bits per heavy atom. The number of amides is 1. The Labute approximate surface area is 298 Å². The quantitative estimate of drug-likeness (QED) is 0.0747. The molecular weight excluding hydrogens is 752 g/mol. The highest BCUT2D eigenvalue weighted by molar-refractivity contribution is 7.61. The van der Waals surface area contributed by atoms with E-state index in [-0.39, 0.29) is 28.5 Å². The van der Waals surface area contributed by atoms with E-state index < -0.39 is 90.5 Å². The highest BCUT2D eigenvalue weighted by Crippen LogP contribution is 2.60. The van der Waals surface area contributed by atoms with Crippen LogP contribution < -0.4 is 31.7 Å². The van der Waals surface area contributed by atoms with Crippen molar-refractivity contribution in [2.45, 2.75) is 63.1 Å². The maximum atomic E-state index is 12.6. The lowest BCUT2D eigenvalue weighted by Crippen LogP contribution is -2.62. The van der Waals surface area contributed by atoms with Crippen molar-refractivity contribution < 1.29 is 72.4 Å². The van der Waals surface area contributed by atoms with Gasteiger partial charge in [0.1, 0.15) is 60.0 Å². The van der Waals surface area contributed by atoms with Crippen molar-refractivity contribution in [3.8, 4) is 0 Å². The second-order valence-electron chi connectivity index (χ2n) is 12.3. The van der Waals surface area contributed by atoms with Crippen molar-refractivity contribution >= 4 is 49.9 Å². The van der Waals surface area contributed by atoms with Crippen LogP contribution in [-0.4, -0.2) is 123 Å². The molecule has 3 aliphatic rings. The van der Waals surface area contributed by atoms with Crippen LogP contribution in [-0.2, 0) is 32.0 Å². The number of hydrogen-bond donors (Lipinski definition) is 11. The number of aliphatic hydroxyl groups is 5. The van der Waals surface area contributed by atoms with Crippen molar-refractivity contribution in [1.82, 2.24) is 30.2 Å². The topological polar surface area (TPSA) is 362 Å². The zero-order chi connectivity index (χ0) is 38.6. The van der Waals surface area contributed by atoms with Gasteiger partial charge in [0.15, 0.2) is 17.7 Å². The second-order valence-corrected chi connectivity index (χ2v) is 15.3. The maximum Gasteiger partial charge on any atom is 0.481 e. The summed E-state index contributed by atoms with van der Waals surface area (Å²) in [6.45, 7) is 0.945. The van der Waals surface area contributed by atoms with Gasteiger partial charge in [-0.2, -0.15) is 4.31 Å². The maximum absolute atomic E-state index is 12.6. The second kappa shape index (κ2) is 14.8. The van der Waals surface area contributed by atoms with Gasteiger partial charge in [0.05, 0.1) is 37.5 Å². The number of hydrogen-bond acceptors (Lipinski definition) is 20. The third kappa shape index (κ3) is 8.01. The van der Waals surface area contributed by atoms with Gasteiger partial charge in [0.25, 0.3) is 5.91 Å². The minimum atomic E-state index is -5.53. The molecular formula is C27H36N9O15P2-. The van der Waals surface area contributed by atoms with E-state index >= 15 is 0 Å². The fourth-order valence-electron chi connectivity index (χ4n) is 5.75. The normalized spacial score (nSPS) is 26.8. The van der Waals surface area contributed by atoms with Gasteiger partial charge in [-0.25, -0.2) is 24.1 Å². The van der Waals surface area contributed by atoms with E-state index in [0.717, 1.165) is 17.5 Å². The lowest BCUT2D eigenvalue weighted by atomic mass is 10.0. The summed E-state index contributed by atoms with van der Waals surface area (Å²) in [5.41, 5.74) is 8.53. The number of imidazole rings is 1. The standard InChI is InChI=1S/C27H36N9O15P2/c1-10-3-12-13(4-11(10)2)35(24-18(32-12)25(42)34-27(43)33-24)5-14(37)19(39)15(38)6-48-52(44,45)51-53(46,47)49-7-16-20(40)21(41)26(50-16)36-9-31-17-22(28)29-8-30-23(17)36/h3-4,8-9,14-16,19-21,26-27,32-33,37-41H,5-7H2,1-2H3,(H,34,42)(H,44,45)(H,46,47)(H2,28,29,30)/q-1/t14-,15-,16-,19-,20-,21-,26-,27?/m1/s1. The van der Waals surface area contributed by atoms with Crippen LogP contribution in [0, 0.1) is 13.8 Å². The minimum absolute atomic E-state index is 0.0241. The Kier molecular flexibility index (Phi) is 10.8. The number of β-amino-alcohol motifs (C(OH)–C–C–N with tert-alkyl or cyclic N) is 1. The summed E-state index contributed by atoms with van der Waals surface area (Å²) in [5.74, 6) is -0.730. The molecule has 12 N–H and O–H groups in total. The van der Waals surface area contributed by atoms with Crippen molar-refractivity contribution in [2.75, 3.05) is 35.7 Å². The van der Waals surface area contributed by atoms with Gasteiger partial charge in [0, 0.05) is 6.35 Å². The molecule has 3 aliphatic heterocycles. The summed E-state index contributed by atoms with van der Waals surface area (Å²) in [5, 5.41) is 73.0. The first-order valence-electron chi connectivity index (χ1n) is 15.6. The fourth-order valence-corrected chi connectivity index (χ4v) is 7.84. The summed E-state index contributed by atoms with van der Waals surface area (Å²) in [7, 11) is -11.0. The Hall–Kier alpha value is -3.84. The molecule has 0 saturated carbocycles. The number of carbonyl (C=O) groups is 1. The molecule has 1 saturated heterocycles. The monoisotopic (exact) mass is 788 g/mol. The summed E-state index contributed by atoms with van der Waals surface area (Å²) in [6.07, 6.45) is -11.6. The van der Waals surface area contributed by atoms with Gasteiger partial charge < -0.3 is 71.7 Å². The van der Waals surface area contributed by atoms with Crippen LogP contribution in [0.2, 0.25) is 0 Å². The van der Waals surface area contributed by atoms with Gasteiger partial charge in [0.2, 0.25) is 0 Å². The molecule has 2 aromatic heterocycles. The van der Waals surface area contributed by atoms with Crippen LogP contribution in [0.15, 0.2) is 36.3 Å². The number of nitrogens with two attached hydrogens (primary N) is 1. The van der Waals surface area contributed by atoms with E-state index in [4.69, 9.17) is 15.0 Å². The highest BCUT2D eigenvalue weighted by atomic mass is 31.3. The van der Waals surface area contributed by atoms with E-state index in [1.165, 1.54) is 15.8 Å². The molecule has 1 aromatic carbocycles. The Balaban J connectivity index is 1.04. The zero-order valence-electron chi connectivity index (χ0n) is 27.7.